The molecule has 150 valence electrons. The van der Waals surface area contributed by atoms with E-state index in [1.54, 1.807) is 13.2 Å². The zero-order valence-corrected chi connectivity index (χ0v) is 17.2. The maximum Gasteiger partial charge on any atom is 0.282 e. The minimum absolute atomic E-state index is 0.267. The van der Waals surface area contributed by atoms with Gasteiger partial charge in [0, 0.05) is 13.1 Å². The van der Waals surface area contributed by atoms with Crippen LogP contribution in [0.4, 0.5) is 5.69 Å². The molecule has 5 heteroatoms. The van der Waals surface area contributed by atoms with Gasteiger partial charge in [0.25, 0.3) is 11.8 Å². The Bertz CT molecular complexity index is 986. The number of likely N-dealkylation sites (tertiary alicyclic amines) is 1. The SMILES string of the molecule is COc1ccc(C)cc1N1C(=O)C(c2ccc(C)cc2)=C(N2CCCCC2)C1=O. The predicted molar refractivity (Wildman–Crippen MR) is 114 cm³/mol. The molecule has 0 unspecified atom stereocenters. The minimum Gasteiger partial charge on any atom is -0.495 e. The maximum absolute atomic E-state index is 13.6. The summed E-state index contributed by atoms with van der Waals surface area (Å²) in [5, 5.41) is 0. The Hall–Kier alpha value is -3.08. The molecule has 29 heavy (non-hydrogen) atoms. The number of carbonyl (C=O) groups excluding carboxylic acids is 2. The zero-order chi connectivity index (χ0) is 20.5. The molecule has 0 aromatic heterocycles. The Morgan fingerprint density at radius 1 is 0.828 bits per heavy atom. The molecule has 2 aliphatic heterocycles. The monoisotopic (exact) mass is 390 g/mol. The number of aryl methyl sites for hydroxylation is 2. The molecule has 0 bridgehead atoms. The number of ether oxygens (including phenoxy) is 1. The van der Waals surface area contributed by atoms with Crippen LogP contribution in [0.25, 0.3) is 5.57 Å². The van der Waals surface area contributed by atoms with Gasteiger partial charge in [-0.25, -0.2) is 4.90 Å². The van der Waals surface area contributed by atoms with Crippen LogP contribution < -0.4 is 9.64 Å². The lowest BCUT2D eigenvalue weighted by Gasteiger charge is -2.29. The Labute approximate surface area is 171 Å². The van der Waals surface area contributed by atoms with Crippen LogP contribution in [0.15, 0.2) is 48.2 Å². The molecule has 2 aromatic rings. The lowest BCUT2D eigenvalue weighted by Crippen LogP contribution is -2.37. The van der Waals surface area contributed by atoms with Crippen LogP contribution in [0, 0.1) is 13.8 Å². The van der Waals surface area contributed by atoms with Crippen LogP contribution >= 0.6 is 0 Å². The molecule has 5 nitrogen and oxygen atoms in total. The van der Waals surface area contributed by atoms with Crippen molar-refractivity contribution in [2.75, 3.05) is 25.1 Å². The molecule has 2 heterocycles. The normalized spacial score (nSPS) is 17.3. The number of carbonyl (C=O) groups is 2. The second-order valence-electron chi connectivity index (χ2n) is 7.76. The van der Waals surface area contributed by atoms with Crippen LogP contribution in [0.3, 0.4) is 0 Å². The van der Waals surface area contributed by atoms with E-state index in [4.69, 9.17) is 4.74 Å². The molecule has 1 saturated heterocycles. The van der Waals surface area contributed by atoms with Gasteiger partial charge < -0.3 is 9.64 Å². The van der Waals surface area contributed by atoms with Gasteiger partial charge in [0.15, 0.2) is 0 Å². The van der Waals surface area contributed by atoms with Gasteiger partial charge in [0.05, 0.1) is 18.4 Å². The smallest absolute Gasteiger partial charge is 0.282 e. The number of piperidine rings is 1. The van der Waals surface area contributed by atoms with E-state index in [0.29, 0.717) is 22.7 Å². The number of imide groups is 1. The van der Waals surface area contributed by atoms with Crippen molar-refractivity contribution in [2.45, 2.75) is 33.1 Å². The Morgan fingerprint density at radius 3 is 2.14 bits per heavy atom. The first-order valence-electron chi connectivity index (χ1n) is 10.1. The van der Waals surface area contributed by atoms with Crippen molar-refractivity contribution in [3.8, 4) is 5.75 Å². The van der Waals surface area contributed by atoms with Crippen LogP contribution in [0.2, 0.25) is 0 Å². The highest BCUT2D eigenvalue weighted by molar-refractivity contribution is 6.45. The summed E-state index contributed by atoms with van der Waals surface area (Å²) in [6.07, 6.45) is 3.21. The van der Waals surface area contributed by atoms with Crippen LogP contribution in [0.1, 0.15) is 36.0 Å². The zero-order valence-electron chi connectivity index (χ0n) is 17.2. The highest BCUT2D eigenvalue weighted by Gasteiger charge is 2.43. The summed E-state index contributed by atoms with van der Waals surface area (Å²) >= 11 is 0. The second kappa shape index (κ2) is 7.74. The third-order valence-electron chi connectivity index (χ3n) is 5.65. The van der Waals surface area contributed by atoms with Gasteiger partial charge in [-0.3, -0.25) is 9.59 Å². The fourth-order valence-corrected chi connectivity index (χ4v) is 4.10. The van der Waals surface area contributed by atoms with Crippen molar-refractivity contribution in [2.24, 2.45) is 0 Å². The van der Waals surface area contributed by atoms with E-state index < -0.39 is 0 Å². The van der Waals surface area contributed by atoms with E-state index in [0.717, 1.165) is 49.0 Å². The molecule has 0 saturated carbocycles. The third-order valence-corrected chi connectivity index (χ3v) is 5.65. The van der Waals surface area contributed by atoms with Crippen LogP contribution in [0.5, 0.6) is 5.75 Å². The van der Waals surface area contributed by atoms with E-state index in [9.17, 15) is 9.59 Å². The van der Waals surface area contributed by atoms with Gasteiger partial charge in [0.1, 0.15) is 11.4 Å². The molecule has 0 N–H and O–H groups in total. The molecular formula is C24H26N2O3. The molecule has 2 aliphatic rings. The van der Waals surface area contributed by atoms with Crippen LogP contribution in [-0.2, 0) is 9.59 Å². The molecule has 4 rings (SSSR count). The van der Waals surface area contributed by atoms with E-state index in [1.807, 2.05) is 50.2 Å². The Kier molecular flexibility index (Phi) is 5.14. The van der Waals surface area contributed by atoms with Gasteiger partial charge in [-0.2, -0.15) is 0 Å². The van der Waals surface area contributed by atoms with E-state index in [2.05, 4.69) is 4.90 Å². The van der Waals surface area contributed by atoms with Crippen molar-refractivity contribution in [3.63, 3.8) is 0 Å². The summed E-state index contributed by atoms with van der Waals surface area (Å²) in [5.41, 5.74) is 4.36. The van der Waals surface area contributed by atoms with E-state index in [1.165, 1.54) is 4.90 Å². The quantitative estimate of drug-likeness (QED) is 0.738. The molecule has 1 fully saturated rings. The molecule has 0 atom stereocenters. The summed E-state index contributed by atoms with van der Waals surface area (Å²) in [6.45, 7) is 5.54. The molecular weight excluding hydrogens is 364 g/mol. The molecule has 0 aliphatic carbocycles. The number of benzene rings is 2. The number of methoxy groups -OCH3 is 1. The Balaban J connectivity index is 1.86. The molecule has 2 amide bonds. The average Bonchev–Trinajstić information content (AvgIpc) is 2.99. The maximum atomic E-state index is 13.6. The third kappa shape index (κ3) is 3.41. The number of rotatable bonds is 4. The van der Waals surface area contributed by atoms with Gasteiger partial charge >= 0.3 is 0 Å². The number of nitrogens with zero attached hydrogens (tertiary/aromatic N) is 2. The van der Waals surface area contributed by atoms with E-state index in [-0.39, 0.29) is 11.8 Å². The van der Waals surface area contributed by atoms with Gasteiger partial charge in [-0.05, 0) is 56.4 Å². The largest absolute Gasteiger partial charge is 0.495 e. The topological polar surface area (TPSA) is 49.9 Å². The first-order valence-corrected chi connectivity index (χ1v) is 10.1. The predicted octanol–water partition coefficient (Wildman–Crippen LogP) is 4.08. The fraction of sp³-hybridized carbons (Fsp3) is 0.333. The van der Waals surface area contributed by atoms with Gasteiger partial charge in [0.2, 0.25) is 0 Å². The summed E-state index contributed by atoms with van der Waals surface area (Å²) in [7, 11) is 1.55. The van der Waals surface area contributed by atoms with E-state index >= 15 is 0 Å². The van der Waals surface area contributed by atoms with Gasteiger partial charge in [-0.15, -0.1) is 0 Å². The number of amides is 2. The van der Waals surface area contributed by atoms with Crippen molar-refractivity contribution < 1.29 is 14.3 Å². The summed E-state index contributed by atoms with van der Waals surface area (Å²) in [6, 6.07) is 13.4. The van der Waals surface area contributed by atoms with Crippen LogP contribution in [-0.4, -0.2) is 36.9 Å². The average molecular weight is 390 g/mol. The molecule has 2 aromatic carbocycles. The van der Waals surface area contributed by atoms with Crippen molar-refractivity contribution in [1.29, 1.82) is 0 Å². The summed E-state index contributed by atoms with van der Waals surface area (Å²) < 4.78 is 5.47. The highest BCUT2D eigenvalue weighted by Crippen LogP contribution is 2.39. The van der Waals surface area contributed by atoms with Crippen molar-refractivity contribution >= 4 is 23.1 Å². The highest BCUT2D eigenvalue weighted by atomic mass is 16.5. The molecule has 0 radical (unpaired) electrons. The number of hydrogen-bond acceptors (Lipinski definition) is 4. The fourth-order valence-electron chi connectivity index (χ4n) is 4.10. The number of anilines is 1. The summed E-state index contributed by atoms with van der Waals surface area (Å²) in [5.74, 6) is -0.0415. The van der Waals surface area contributed by atoms with Gasteiger partial charge in [-0.1, -0.05) is 35.9 Å². The number of hydrogen-bond donors (Lipinski definition) is 0. The van der Waals surface area contributed by atoms with Crippen molar-refractivity contribution in [1.82, 2.24) is 4.90 Å². The minimum atomic E-state index is -0.289. The lowest BCUT2D eigenvalue weighted by atomic mass is 10.0. The lowest BCUT2D eigenvalue weighted by molar-refractivity contribution is -0.120. The first kappa shape index (κ1) is 19.2. The Morgan fingerprint density at radius 2 is 1.48 bits per heavy atom. The standard InChI is InChI=1S/C24H26N2O3/c1-16-7-10-18(11-8-16)21-22(25-13-5-4-6-14-25)24(28)26(23(21)27)19-15-17(2)9-12-20(19)29-3/h7-12,15H,4-6,13-14H2,1-3H3. The second-order valence-corrected chi connectivity index (χ2v) is 7.76. The first-order chi connectivity index (χ1) is 14.0. The summed E-state index contributed by atoms with van der Waals surface area (Å²) in [4.78, 5) is 30.6. The molecule has 0 spiro atoms. The van der Waals surface area contributed by atoms with Crippen molar-refractivity contribution in [3.05, 3.63) is 64.9 Å².